The first-order valence-corrected chi connectivity index (χ1v) is 13.7. The molecule has 0 aliphatic carbocycles. The molecule has 212 valence electrons. The Morgan fingerprint density at radius 3 is 2.44 bits per heavy atom. The van der Waals surface area contributed by atoms with Crippen molar-refractivity contribution in [2.75, 3.05) is 25.2 Å². The van der Waals surface area contributed by atoms with Gasteiger partial charge in [0.2, 0.25) is 5.76 Å². The van der Waals surface area contributed by atoms with E-state index in [1.54, 1.807) is 62.6 Å². The highest BCUT2D eigenvalue weighted by Gasteiger charge is 2.44. The maximum atomic E-state index is 14.0. The Labute approximate surface area is 238 Å². The van der Waals surface area contributed by atoms with Crippen molar-refractivity contribution in [2.45, 2.75) is 40.2 Å². The molecular formula is C33H33NO7. The smallest absolute Gasteiger partial charge is 0.338 e. The standard InChI is InChI=1S/C33H33NO7/c1-6-39-33(37)21-8-11-23(12-9-21)34-29(22-10-14-26(27(18-22)38-5)40-16-15-19(2)3)28-30(35)24-17-20(4)7-13-25(24)41-31(28)32(34)36/h7-14,17-19,29H,6,15-16H2,1-5H3. The fraction of sp³-hybridized carbons (Fsp3) is 0.303. The summed E-state index contributed by atoms with van der Waals surface area (Å²) in [4.78, 5) is 41.7. The van der Waals surface area contributed by atoms with Crippen LogP contribution in [0.15, 0.2) is 69.9 Å². The fourth-order valence-electron chi connectivity index (χ4n) is 5.02. The summed E-state index contributed by atoms with van der Waals surface area (Å²) in [7, 11) is 1.55. The SMILES string of the molecule is CCOC(=O)c1ccc(N2C(=O)c3oc4ccc(C)cc4c(=O)c3C2c2ccc(OCCC(C)C)c(OC)c2)cc1. The molecule has 8 nitrogen and oxygen atoms in total. The van der Waals surface area contributed by atoms with E-state index in [0.29, 0.717) is 51.8 Å². The maximum Gasteiger partial charge on any atom is 0.338 e. The summed E-state index contributed by atoms with van der Waals surface area (Å²) >= 11 is 0. The lowest BCUT2D eigenvalue weighted by molar-refractivity contribution is 0.0526. The van der Waals surface area contributed by atoms with Crippen molar-refractivity contribution < 1.29 is 28.2 Å². The highest BCUT2D eigenvalue weighted by molar-refractivity contribution is 6.11. The molecule has 1 aromatic heterocycles. The predicted octanol–water partition coefficient (Wildman–Crippen LogP) is 6.46. The topological polar surface area (TPSA) is 95.3 Å². The third-order valence-corrected chi connectivity index (χ3v) is 7.14. The van der Waals surface area contributed by atoms with E-state index in [9.17, 15) is 14.4 Å². The van der Waals surface area contributed by atoms with E-state index in [4.69, 9.17) is 18.6 Å². The number of amides is 1. The molecule has 0 N–H and O–H groups in total. The molecule has 2 heterocycles. The number of benzene rings is 3. The minimum absolute atomic E-state index is 0.0120. The highest BCUT2D eigenvalue weighted by atomic mass is 16.5. The molecule has 0 saturated heterocycles. The van der Waals surface area contributed by atoms with Crippen LogP contribution in [0.2, 0.25) is 0 Å². The third kappa shape index (κ3) is 5.29. The van der Waals surface area contributed by atoms with Gasteiger partial charge < -0.3 is 18.6 Å². The van der Waals surface area contributed by atoms with Gasteiger partial charge in [0, 0.05) is 5.69 Å². The fourth-order valence-corrected chi connectivity index (χ4v) is 5.02. The zero-order chi connectivity index (χ0) is 29.3. The van der Waals surface area contributed by atoms with Crippen LogP contribution in [0.3, 0.4) is 0 Å². The molecule has 1 atom stereocenters. The number of aryl methyl sites for hydroxylation is 1. The van der Waals surface area contributed by atoms with E-state index < -0.39 is 17.9 Å². The molecule has 0 radical (unpaired) electrons. The van der Waals surface area contributed by atoms with Crippen molar-refractivity contribution in [3.8, 4) is 11.5 Å². The zero-order valence-corrected chi connectivity index (χ0v) is 23.9. The Balaban J connectivity index is 1.65. The van der Waals surface area contributed by atoms with Gasteiger partial charge in [0.1, 0.15) is 5.58 Å². The first-order valence-electron chi connectivity index (χ1n) is 13.7. The molecule has 1 aliphatic heterocycles. The lowest BCUT2D eigenvalue weighted by atomic mass is 9.97. The number of ether oxygens (including phenoxy) is 3. The van der Waals surface area contributed by atoms with Gasteiger partial charge >= 0.3 is 5.97 Å². The quantitative estimate of drug-likeness (QED) is 0.219. The van der Waals surface area contributed by atoms with E-state index in [2.05, 4.69) is 13.8 Å². The number of nitrogens with zero attached hydrogens (tertiary/aromatic N) is 1. The average molecular weight is 556 g/mol. The van der Waals surface area contributed by atoms with Gasteiger partial charge in [0.25, 0.3) is 5.91 Å². The summed E-state index contributed by atoms with van der Waals surface area (Å²) in [5.74, 6) is 0.635. The van der Waals surface area contributed by atoms with E-state index >= 15 is 0 Å². The number of carbonyl (C=O) groups excluding carboxylic acids is 2. The Hall–Kier alpha value is -4.59. The molecule has 0 saturated carbocycles. The van der Waals surface area contributed by atoms with Gasteiger partial charge in [-0.15, -0.1) is 0 Å². The number of esters is 1. The Bertz CT molecular complexity index is 1670. The minimum atomic E-state index is -0.800. The number of methoxy groups -OCH3 is 1. The zero-order valence-electron chi connectivity index (χ0n) is 23.9. The molecule has 0 fully saturated rings. The number of carbonyl (C=O) groups is 2. The number of fused-ring (bicyclic) bond motifs is 2. The number of anilines is 1. The summed E-state index contributed by atoms with van der Waals surface area (Å²) < 4.78 is 22.8. The van der Waals surface area contributed by atoms with Gasteiger partial charge in [-0.1, -0.05) is 31.5 Å². The summed E-state index contributed by atoms with van der Waals surface area (Å²) in [5, 5.41) is 0.404. The number of rotatable bonds is 9. The predicted molar refractivity (Wildman–Crippen MR) is 156 cm³/mol. The molecule has 1 aliphatic rings. The van der Waals surface area contributed by atoms with Gasteiger partial charge in [0.15, 0.2) is 16.9 Å². The highest BCUT2D eigenvalue weighted by Crippen LogP contribution is 2.43. The van der Waals surface area contributed by atoms with Crippen molar-refractivity contribution >= 4 is 28.5 Å². The first-order chi connectivity index (χ1) is 19.7. The largest absolute Gasteiger partial charge is 0.493 e. The minimum Gasteiger partial charge on any atom is -0.493 e. The first kappa shape index (κ1) is 28.0. The Morgan fingerprint density at radius 1 is 1.00 bits per heavy atom. The molecular weight excluding hydrogens is 522 g/mol. The monoisotopic (exact) mass is 555 g/mol. The molecule has 1 unspecified atom stereocenters. The van der Waals surface area contributed by atoms with Crippen LogP contribution in [0, 0.1) is 12.8 Å². The Morgan fingerprint density at radius 2 is 1.76 bits per heavy atom. The molecule has 5 rings (SSSR count). The van der Waals surface area contributed by atoms with Crippen LogP contribution in [0.1, 0.15) is 70.8 Å². The molecule has 41 heavy (non-hydrogen) atoms. The molecule has 0 bridgehead atoms. The van der Waals surface area contributed by atoms with Crippen LogP contribution >= 0.6 is 0 Å². The van der Waals surface area contributed by atoms with Crippen LogP contribution in [0.4, 0.5) is 5.69 Å². The molecule has 8 heteroatoms. The molecule has 4 aromatic rings. The second kappa shape index (κ2) is 11.5. The Kier molecular flexibility index (Phi) is 7.83. The summed E-state index contributed by atoms with van der Waals surface area (Å²) in [6.45, 7) is 8.68. The average Bonchev–Trinajstić information content (AvgIpc) is 3.25. The molecule has 0 spiro atoms. The van der Waals surface area contributed by atoms with E-state index in [0.717, 1.165) is 12.0 Å². The lowest BCUT2D eigenvalue weighted by Crippen LogP contribution is -2.29. The molecule has 1 amide bonds. The second-order valence-corrected chi connectivity index (χ2v) is 10.5. The van der Waals surface area contributed by atoms with Crippen molar-refractivity contribution in [2.24, 2.45) is 5.92 Å². The van der Waals surface area contributed by atoms with E-state index in [1.165, 1.54) is 4.90 Å². The van der Waals surface area contributed by atoms with Gasteiger partial charge in [-0.05, 0) is 80.3 Å². The van der Waals surface area contributed by atoms with Crippen LogP contribution in [-0.2, 0) is 4.74 Å². The number of hydrogen-bond acceptors (Lipinski definition) is 7. The normalized spacial score (nSPS) is 14.4. The van der Waals surface area contributed by atoms with E-state index in [-0.39, 0.29) is 23.4 Å². The van der Waals surface area contributed by atoms with Gasteiger partial charge in [0.05, 0.1) is 42.9 Å². The van der Waals surface area contributed by atoms with Gasteiger partial charge in [-0.3, -0.25) is 14.5 Å². The van der Waals surface area contributed by atoms with Gasteiger partial charge in [-0.25, -0.2) is 4.79 Å². The molecule has 3 aromatic carbocycles. The number of hydrogen-bond donors (Lipinski definition) is 0. The van der Waals surface area contributed by atoms with Crippen LogP contribution in [0.25, 0.3) is 11.0 Å². The summed E-state index contributed by atoms with van der Waals surface area (Å²) in [5.41, 5.74) is 2.73. The van der Waals surface area contributed by atoms with Crippen LogP contribution in [0.5, 0.6) is 11.5 Å². The van der Waals surface area contributed by atoms with Crippen LogP contribution in [-0.4, -0.2) is 32.2 Å². The van der Waals surface area contributed by atoms with Crippen molar-refractivity contribution in [1.82, 2.24) is 0 Å². The van der Waals surface area contributed by atoms with Crippen molar-refractivity contribution in [1.29, 1.82) is 0 Å². The summed E-state index contributed by atoms with van der Waals surface area (Å²) in [6, 6.07) is 16.5. The van der Waals surface area contributed by atoms with E-state index in [1.807, 2.05) is 19.1 Å². The third-order valence-electron chi connectivity index (χ3n) is 7.14. The van der Waals surface area contributed by atoms with Crippen molar-refractivity contribution in [3.05, 3.63) is 98.9 Å². The lowest BCUT2D eigenvalue weighted by Gasteiger charge is -2.26. The van der Waals surface area contributed by atoms with Gasteiger partial charge in [-0.2, -0.15) is 0 Å². The summed E-state index contributed by atoms with van der Waals surface area (Å²) in [6.07, 6.45) is 0.887. The van der Waals surface area contributed by atoms with Crippen LogP contribution < -0.4 is 19.8 Å². The second-order valence-electron chi connectivity index (χ2n) is 10.5. The maximum absolute atomic E-state index is 14.0. The van der Waals surface area contributed by atoms with Crippen molar-refractivity contribution in [3.63, 3.8) is 0 Å².